The van der Waals surface area contributed by atoms with Crippen LogP contribution >= 0.6 is 11.6 Å². The van der Waals surface area contributed by atoms with Crippen molar-refractivity contribution in [2.24, 2.45) is 5.92 Å². The summed E-state index contributed by atoms with van der Waals surface area (Å²) in [6, 6.07) is 7.93. The summed E-state index contributed by atoms with van der Waals surface area (Å²) < 4.78 is 5.32. The Morgan fingerprint density at radius 2 is 2.07 bits per heavy atom. The van der Waals surface area contributed by atoms with E-state index in [0.717, 1.165) is 31.1 Å². The Bertz CT molecular complexity index is 340. The quantitative estimate of drug-likeness (QED) is 0.740. The van der Waals surface area contributed by atoms with E-state index in [9.17, 15) is 0 Å². The Hall–Kier alpha value is -0.790. The zero-order valence-electron chi connectivity index (χ0n) is 8.66. The lowest BCUT2D eigenvalue weighted by Crippen LogP contribution is -2.13. The van der Waals surface area contributed by atoms with Crippen molar-refractivity contribution in [1.29, 1.82) is 0 Å². The van der Waals surface area contributed by atoms with E-state index in [4.69, 9.17) is 16.3 Å². The molecule has 15 heavy (non-hydrogen) atoms. The summed E-state index contributed by atoms with van der Waals surface area (Å²) in [6.07, 6.45) is 6.70. The predicted octanol–water partition coefficient (Wildman–Crippen LogP) is 3.78. The molecule has 1 aromatic rings. The highest BCUT2D eigenvalue weighted by Crippen LogP contribution is 2.18. The molecule has 0 N–H and O–H groups in total. The van der Waals surface area contributed by atoms with E-state index in [0.29, 0.717) is 5.92 Å². The second kappa shape index (κ2) is 5.34. The van der Waals surface area contributed by atoms with Crippen LogP contribution < -0.4 is 0 Å². The molecule has 0 atom stereocenters. The molecule has 1 aliphatic rings. The fourth-order valence-corrected chi connectivity index (χ4v) is 1.96. The summed E-state index contributed by atoms with van der Waals surface area (Å²) in [7, 11) is 0. The molecule has 1 nitrogen and oxygen atoms in total. The molecule has 1 heterocycles. The largest absolute Gasteiger partial charge is 0.381 e. The highest BCUT2D eigenvalue weighted by atomic mass is 35.5. The van der Waals surface area contributed by atoms with Crippen LogP contribution in [0.1, 0.15) is 18.4 Å². The van der Waals surface area contributed by atoms with Crippen molar-refractivity contribution < 1.29 is 4.74 Å². The first kappa shape index (κ1) is 10.7. The van der Waals surface area contributed by atoms with Crippen molar-refractivity contribution in [2.45, 2.75) is 12.8 Å². The molecular formula is C13H15ClO. The van der Waals surface area contributed by atoms with E-state index in [2.05, 4.69) is 18.2 Å². The van der Waals surface area contributed by atoms with E-state index >= 15 is 0 Å². The number of allylic oxidation sites excluding steroid dienone is 1. The molecule has 1 fully saturated rings. The van der Waals surface area contributed by atoms with Crippen molar-refractivity contribution in [3.8, 4) is 0 Å². The monoisotopic (exact) mass is 222 g/mol. The normalized spacial score (nSPS) is 18.5. The fraction of sp³-hybridized carbons (Fsp3) is 0.385. The average molecular weight is 223 g/mol. The summed E-state index contributed by atoms with van der Waals surface area (Å²) in [4.78, 5) is 0. The van der Waals surface area contributed by atoms with Gasteiger partial charge in [0.25, 0.3) is 0 Å². The Kier molecular flexibility index (Phi) is 3.81. The van der Waals surface area contributed by atoms with Gasteiger partial charge in [-0.25, -0.2) is 0 Å². The highest BCUT2D eigenvalue weighted by molar-refractivity contribution is 6.30. The Balaban J connectivity index is 1.97. The van der Waals surface area contributed by atoms with E-state index in [1.807, 2.05) is 18.2 Å². The van der Waals surface area contributed by atoms with Crippen LogP contribution in [-0.4, -0.2) is 13.2 Å². The minimum absolute atomic E-state index is 0.665. The Labute approximate surface area is 95.7 Å². The SMILES string of the molecule is Clc1cccc(C=CC2CCOCC2)c1. The van der Waals surface area contributed by atoms with Gasteiger partial charge in [0.2, 0.25) is 0 Å². The lowest BCUT2D eigenvalue weighted by atomic mass is 9.99. The first-order valence-corrected chi connectivity index (χ1v) is 5.74. The van der Waals surface area contributed by atoms with Crippen LogP contribution in [0.15, 0.2) is 30.3 Å². The third-order valence-corrected chi connectivity index (χ3v) is 2.91. The lowest BCUT2D eigenvalue weighted by molar-refractivity contribution is 0.0787. The summed E-state index contributed by atoms with van der Waals surface area (Å²) in [6.45, 7) is 1.79. The van der Waals surface area contributed by atoms with Crippen LogP contribution in [0.4, 0.5) is 0 Å². The minimum atomic E-state index is 0.665. The molecule has 0 bridgehead atoms. The van der Waals surface area contributed by atoms with Crippen molar-refractivity contribution in [3.63, 3.8) is 0 Å². The molecular weight excluding hydrogens is 208 g/mol. The number of rotatable bonds is 2. The van der Waals surface area contributed by atoms with Gasteiger partial charge in [0.1, 0.15) is 0 Å². The molecule has 0 radical (unpaired) electrons. The van der Waals surface area contributed by atoms with Crippen molar-refractivity contribution in [2.75, 3.05) is 13.2 Å². The number of halogens is 1. The topological polar surface area (TPSA) is 9.23 Å². The summed E-state index contributed by atoms with van der Waals surface area (Å²) in [5.41, 5.74) is 1.17. The average Bonchev–Trinajstić information content (AvgIpc) is 2.28. The molecule has 1 aromatic carbocycles. The second-order valence-corrected chi connectivity index (χ2v) is 4.30. The maximum absolute atomic E-state index is 5.91. The third-order valence-electron chi connectivity index (χ3n) is 2.68. The Morgan fingerprint density at radius 3 is 2.80 bits per heavy atom. The third kappa shape index (κ3) is 3.37. The first-order valence-electron chi connectivity index (χ1n) is 5.36. The molecule has 0 unspecified atom stereocenters. The second-order valence-electron chi connectivity index (χ2n) is 3.86. The maximum atomic E-state index is 5.91. The lowest BCUT2D eigenvalue weighted by Gasteiger charge is -2.18. The molecule has 80 valence electrons. The number of hydrogen-bond donors (Lipinski definition) is 0. The van der Waals surface area contributed by atoms with E-state index < -0.39 is 0 Å². The van der Waals surface area contributed by atoms with E-state index in [-0.39, 0.29) is 0 Å². The molecule has 2 rings (SSSR count). The van der Waals surface area contributed by atoms with Crippen LogP contribution in [0.3, 0.4) is 0 Å². The van der Waals surface area contributed by atoms with Crippen LogP contribution in [-0.2, 0) is 4.74 Å². The molecule has 0 spiro atoms. The van der Waals surface area contributed by atoms with Gasteiger partial charge in [-0.2, -0.15) is 0 Å². The molecule has 0 saturated carbocycles. The van der Waals surface area contributed by atoms with E-state index in [1.54, 1.807) is 0 Å². The minimum Gasteiger partial charge on any atom is -0.381 e. The van der Waals surface area contributed by atoms with Crippen LogP contribution in [0.25, 0.3) is 6.08 Å². The zero-order chi connectivity index (χ0) is 10.5. The number of ether oxygens (including phenoxy) is 1. The van der Waals surface area contributed by atoms with Gasteiger partial charge in [0.15, 0.2) is 0 Å². The van der Waals surface area contributed by atoms with Crippen LogP contribution in [0.5, 0.6) is 0 Å². The summed E-state index contributed by atoms with van der Waals surface area (Å²) in [5.74, 6) is 0.665. The van der Waals surface area contributed by atoms with Crippen LogP contribution in [0.2, 0.25) is 5.02 Å². The van der Waals surface area contributed by atoms with Gasteiger partial charge in [-0.05, 0) is 36.5 Å². The molecule has 2 heteroatoms. The van der Waals surface area contributed by atoms with Gasteiger partial charge in [-0.3, -0.25) is 0 Å². The van der Waals surface area contributed by atoms with Gasteiger partial charge in [-0.15, -0.1) is 0 Å². The zero-order valence-corrected chi connectivity index (χ0v) is 9.41. The van der Waals surface area contributed by atoms with Gasteiger partial charge in [-0.1, -0.05) is 35.9 Å². The van der Waals surface area contributed by atoms with Crippen molar-refractivity contribution >= 4 is 17.7 Å². The van der Waals surface area contributed by atoms with Crippen LogP contribution in [0, 0.1) is 5.92 Å². The molecule has 0 amide bonds. The number of hydrogen-bond acceptors (Lipinski definition) is 1. The highest BCUT2D eigenvalue weighted by Gasteiger charge is 2.09. The smallest absolute Gasteiger partial charge is 0.0471 e. The Morgan fingerprint density at radius 1 is 1.27 bits per heavy atom. The standard InChI is InChI=1S/C13H15ClO/c14-13-3-1-2-12(10-13)5-4-11-6-8-15-9-7-11/h1-5,10-11H,6-9H2. The maximum Gasteiger partial charge on any atom is 0.0471 e. The fourth-order valence-electron chi connectivity index (χ4n) is 1.77. The van der Waals surface area contributed by atoms with Gasteiger partial charge in [0, 0.05) is 18.2 Å². The predicted molar refractivity (Wildman–Crippen MR) is 64.0 cm³/mol. The number of benzene rings is 1. The first-order chi connectivity index (χ1) is 7.34. The van der Waals surface area contributed by atoms with Crippen molar-refractivity contribution in [1.82, 2.24) is 0 Å². The summed E-state index contributed by atoms with van der Waals surface area (Å²) in [5, 5.41) is 0.795. The van der Waals surface area contributed by atoms with Gasteiger partial charge in [0.05, 0.1) is 0 Å². The van der Waals surface area contributed by atoms with Gasteiger partial charge >= 0.3 is 0 Å². The van der Waals surface area contributed by atoms with Crippen molar-refractivity contribution in [3.05, 3.63) is 40.9 Å². The molecule has 0 aromatic heterocycles. The van der Waals surface area contributed by atoms with Gasteiger partial charge < -0.3 is 4.74 Å². The van der Waals surface area contributed by atoms with E-state index in [1.165, 1.54) is 5.56 Å². The molecule has 1 aliphatic heterocycles. The molecule has 0 aliphatic carbocycles. The molecule has 1 saturated heterocycles. The summed E-state index contributed by atoms with van der Waals surface area (Å²) >= 11 is 5.91.